The van der Waals surface area contributed by atoms with Crippen molar-refractivity contribution in [3.63, 3.8) is 0 Å². The first-order valence-corrected chi connectivity index (χ1v) is 15.3. The molecule has 2 aliphatic heterocycles. The number of aromatic nitrogens is 2. The van der Waals surface area contributed by atoms with E-state index in [-0.39, 0.29) is 5.56 Å². The highest BCUT2D eigenvalue weighted by Gasteiger charge is 2.38. The van der Waals surface area contributed by atoms with Crippen molar-refractivity contribution in [2.24, 2.45) is 5.92 Å². The number of carboxylic acid groups (broad SMARTS) is 1. The number of anilines is 2. The number of hydrogen-bond acceptors (Lipinski definition) is 7. The molecule has 3 N–H and O–H groups in total. The van der Waals surface area contributed by atoms with Crippen molar-refractivity contribution in [3.05, 3.63) is 59.9 Å². The van der Waals surface area contributed by atoms with Crippen LogP contribution in [0.1, 0.15) is 24.8 Å². The quantitative estimate of drug-likeness (QED) is 0.271. The highest BCUT2D eigenvalue weighted by atomic mass is 32.2. The van der Waals surface area contributed by atoms with E-state index in [4.69, 9.17) is 20.3 Å². The molecular formula is C29H32F4N6O3S. The Kier molecular flexibility index (Phi) is 10.9. The molecule has 43 heavy (non-hydrogen) atoms. The Morgan fingerprint density at radius 1 is 1.12 bits per heavy atom. The van der Waals surface area contributed by atoms with E-state index < -0.39 is 29.1 Å². The second-order valence-electron chi connectivity index (χ2n) is 10.2. The fourth-order valence-electron chi connectivity index (χ4n) is 4.88. The van der Waals surface area contributed by atoms with E-state index >= 15 is 0 Å². The minimum atomic E-state index is -5.08. The number of benzene rings is 2. The van der Waals surface area contributed by atoms with Crippen molar-refractivity contribution >= 4 is 28.7 Å². The number of carboxylic acids is 1. The zero-order valence-corrected chi connectivity index (χ0v) is 24.1. The lowest BCUT2D eigenvalue weighted by Crippen LogP contribution is -2.40. The van der Waals surface area contributed by atoms with Gasteiger partial charge in [0.1, 0.15) is 29.2 Å². The van der Waals surface area contributed by atoms with Gasteiger partial charge in [-0.2, -0.15) is 18.4 Å². The van der Waals surface area contributed by atoms with Gasteiger partial charge in [0.15, 0.2) is 0 Å². The molecule has 2 saturated heterocycles. The van der Waals surface area contributed by atoms with Gasteiger partial charge in [-0.1, -0.05) is 17.2 Å². The topological polar surface area (TPSA) is 129 Å². The largest absolute Gasteiger partial charge is 0.616 e. The van der Waals surface area contributed by atoms with E-state index in [2.05, 4.69) is 27.7 Å². The average molecular weight is 621 g/mol. The van der Waals surface area contributed by atoms with Gasteiger partial charge in [0.25, 0.3) is 0 Å². The summed E-state index contributed by atoms with van der Waals surface area (Å²) in [6.45, 7) is 4.53. The molecule has 14 heteroatoms. The second kappa shape index (κ2) is 14.6. The molecule has 9 nitrogen and oxygen atoms in total. The molecule has 0 amide bonds. The number of halogens is 4. The van der Waals surface area contributed by atoms with Crippen molar-refractivity contribution < 1.29 is 32.0 Å². The Hall–Kier alpha value is -3.80. The molecule has 3 heterocycles. The van der Waals surface area contributed by atoms with E-state index in [1.807, 2.05) is 29.0 Å². The van der Waals surface area contributed by atoms with Crippen LogP contribution in [0.5, 0.6) is 0 Å². The first kappa shape index (κ1) is 32.1. The summed E-state index contributed by atoms with van der Waals surface area (Å²) in [4.78, 5) is 11.1. The highest BCUT2D eigenvalue weighted by molar-refractivity contribution is 7.91. The Labute approximate surface area is 249 Å². The molecule has 0 aliphatic carbocycles. The van der Waals surface area contributed by atoms with Gasteiger partial charge >= 0.3 is 12.1 Å². The maximum Gasteiger partial charge on any atom is 0.490 e. The summed E-state index contributed by atoms with van der Waals surface area (Å²) in [5.41, 5.74) is 3.40. The summed E-state index contributed by atoms with van der Waals surface area (Å²) < 4.78 is 59.8. The molecule has 1 atom stereocenters. The van der Waals surface area contributed by atoms with Gasteiger partial charge in [0.05, 0.1) is 30.0 Å². The van der Waals surface area contributed by atoms with Gasteiger partial charge < -0.3 is 25.2 Å². The zero-order chi connectivity index (χ0) is 31.0. The van der Waals surface area contributed by atoms with Crippen molar-refractivity contribution in [2.45, 2.75) is 25.4 Å². The normalized spacial score (nSPS) is 17.8. The third-order valence-corrected chi connectivity index (χ3v) is 8.52. The molecule has 0 saturated carbocycles. The lowest BCUT2D eigenvalue weighted by Gasteiger charge is -2.30. The first-order chi connectivity index (χ1) is 20.5. The average Bonchev–Trinajstić information content (AvgIpc) is 3.24. The maximum absolute atomic E-state index is 14.5. The molecule has 0 bridgehead atoms. The van der Waals surface area contributed by atoms with Crippen LogP contribution in [-0.4, -0.2) is 75.8 Å². The van der Waals surface area contributed by atoms with Crippen LogP contribution in [-0.2, 0) is 16.0 Å². The van der Waals surface area contributed by atoms with Gasteiger partial charge in [0.2, 0.25) is 0 Å². The summed E-state index contributed by atoms with van der Waals surface area (Å²) in [6.07, 6.45) is -1.59. The maximum atomic E-state index is 14.5. The standard InChI is InChI=1S/C27H31FN6OS.C2HF3O2/c28-25-16-21(3-4-22(25)18-29)26-17-27(31-19-20-2-1-10-30-11-9-20)32-34(26)24-7-5-23(6-8-24)33-12-14-36(35)15-13-33;3-2(4,5)1(6)7/h3-8,16-17,20,30H,1-2,9-15,19H2,(H,31,32);(H,6,7). The van der Waals surface area contributed by atoms with Crippen LogP contribution >= 0.6 is 0 Å². The predicted molar refractivity (Wildman–Crippen MR) is 156 cm³/mol. The van der Waals surface area contributed by atoms with Crippen LogP contribution in [0.15, 0.2) is 48.5 Å². The van der Waals surface area contributed by atoms with Crippen molar-refractivity contribution in [2.75, 3.05) is 54.4 Å². The number of alkyl halides is 3. The Morgan fingerprint density at radius 3 is 2.42 bits per heavy atom. The predicted octanol–water partition coefficient (Wildman–Crippen LogP) is 4.55. The van der Waals surface area contributed by atoms with Gasteiger partial charge in [0, 0.05) is 23.9 Å². The first-order valence-electron chi connectivity index (χ1n) is 13.8. The van der Waals surface area contributed by atoms with Gasteiger partial charge in [-0.05, 0) is 74.7 Å². The Balaban J connectivity index is 0.000000541. The third-order valence-electron chi connectivity index (χ3n) is 7.24. The minimum absolute atomic E-state index is 0.0250. The summed E-state index contributed by atoms with van der Waals surface area (Å²) in [5.74, 6) is -0.579. The smallest absolute Gasteiger partial charge is 0.490 e. The van der Waals surface area contributed by atoms with Crippen LogP contribution in [0, 0.1) is 23.1 Å². The second-order valence-corrected chi connectivity index (χ2v) is 11.9. The molecule has 1 aromatic heterocycles. The fraction of sp³-hybridized carbons (Fsp3) is 0.414. The molecule has 0 radical (unpaired) electrons. The molecule has 2 aliphatic rings. The lowest BCUT2D eigenvalue weighted by atomic mass is 10.0. The molecule has 5 rings (SSSR count). The number of hydrogen-bond donors (Lipinski definition) is 3. The Morgan fingerprint density at radius 2 is 1.79 bits per heavy atom. The minimum Gasteiger partial charge on any atom is -0.616 e. The molecule has 2 fully saturated rings. The Bertz CT molecular complexity index is 1410. The summed E-state index contributed by atoms with van der Waals surface area (Å²) in [7, 11) is 0. The van der Waals surface area contributed by atoms with E-state index in [1.165, 1.54) is 25.0 Å². The van der Waals surface area contributed by atoms with E-state index in [0.29, 0.717) is 23.0 Å². The number of nitriles is 1. The van der Waals surface area contributed by atoms with E-state index in [9.17, 15) is 22.1 Å². The van der Waals surface area contributed by atoms with Crippen molar-refractivity contribution in [3.8, 4) is 23.0 Å². The fourth-order valence-corrected chi connectivity index (χ4v) is 5.93. The van der Waals surface area contributed by atoms with Gasteiger partial charge in [-0.3, -0.25) is 0 Å². The van der Waals surface area contributed by atoms with Crippen molar-refractivity contribution in [1.82, 2.24) is 15.1 Å². The summed E-state index contributed by atoms with van der Waals surface area (Å²) in [5, 5.41) is 28.1. The SMILES string of the molecule is N#Cc1ccc(-c2cc(NCC3CCCNCC3)nn2-c2ccc(N3CC[S+]([O-])CC3)cc2)cc1F.O=C(O)C(F)(F)F. The monoisotopic (exact) mass is 620 g/mol. The van der Waals surface area contributed by atoms with E-state index in [1.54, 1.807) is 6.07 Å². The highest BCUT2D eigenvalue weighted by Crippen LogP contribution is 2.29. The van der Waals surface area contributed by atoms with Gasteiger partial charge in [-0.15, -0.1) is 5.10 Å². The summed E-state index contributed by atoms with van der Waals surface area (Å²) >= 11 is -0.717. The molecule has 1 unspecified atom stereocenters. The third kappa shape index (κ3) is 8.85. The van der Waals surface area contributed by atoms with Crippen LogP contribution < -0.4 is 15.5 Å². The van der Waals surface area contributed by atoms with Crippen LogP contribution in [0.3, 0.4) is 0 Å². The molecular weight excluding hydrogens is 588 g/mol. The van der Waals surface area contributed by atoms with Crippen LogP contribution in [0.2, 0.25) is 0 Å². The van der Waals surface area contributed by atoms with Gasteiger partial charge in [-0.25, -0.2) is 13.9 Å². The van der Waals surface area contributed by atoms with Crippen LogP contribution in [0.25, 0.3) is 16.9 Å². The lowest BCUT2D eigenvalue weighted by molar-refractivity contribution is -0.192. The van der Waals surface area contributed by atoms with E-state index in [0.717, 1.165) is 62.0 Å². The molecule has 0 spiro atoms. The molecule has 230 valence electrons. The zero-order valence-electron chi connectivity index (χ0n) is 23.2. The number of nitrogens with one attached hydrogen (secondary N) is 2. The molecule has 2 aromatic carbocycles. The number of nitrogens with zero attached hydrogens (tertiary/aromatic N) is 4. The van der Waals surface area contributed by atoms with Crippen LogP contribution in [0.4, 0.5) is 29.1 Å². The number of aliphatic carboxylic acids is 1. The number of rotatable bonds is 6. The van der Waals surface area contributed by atoms with Crippen molar-refractivity contribution in [1.29, 1.82) is 5.26 Å². The number of carbonyl (C=O) groups is 1. The summed E-state index contributed by atoms with van der Waals surface area (Å²) in [6, 6.07) is 16.6. The molecule has 3 aromatic rings.